The summed E-state index contributed by atoms with van der Waals surface area (Å²) in [6, 6.07) is -0.316. The summed E-state index contributed by atoms with van der Waals surface area (Å²) in [5, 5.41) is 12.2. The molecule has 0 aromatic rings. The maximum absolute atomic E-state index is 11.9. The molecule has 2 N–H and O–H groups in total. The standard InChI is InChI=1S/C10H20N2O3/c1-11-9-4-3-5-12(10(9)14)8(6-13)7-15-2/h8-9,11,13H,3-7H2,1-2H3. The van der Waals surface area contributed by atoms with E-state index in [2.05, 4.69) is 5.32 Å². The molecule has 15 heavy (non-hydrogen) atoms. The Kier molecular flexibility index (Phi) is 5.01. The molecule has 0 aromatic heterocycles. The van der Waals surface area contributed by atoms with Crippen LogP contribution >= 0.6 is 0 Å². The third-order valence-corrected chi connectivity index (χ3v) is 2.83. The highest BCUT2D eigenvalue weighted by Crippen LogP contribution is 2.14. The molecule has 1 rings (SSSR count). The number of nitrogens with one attached hydrogen (secondary N) is 1. The second-order valence-electron chi connectivity index (χ2n) is 3.81. The number of carbonyl (C=O) groups is 1. The molecule has 2 atom stereocenters. The topological polar surface area (TPSA) is 61.8 Å². The number of likely N-dealkylation sites (tertiary alicyclic amines) is 1. The zero-order chi connectivity index (χ0) is 11.3. The first-order chi connectivity index (χ1) is 7.24. The Balaban J connectivity index is 2.62. The number of amides is 1. The van der Waals surface area contributed by atoms with Crippen molar-refractivity contribution >= 4 is 5.91 Å². The molecule has 1 amide bonds. The van der Waals surface area contributed by atoms with E-state index in [0.717, 1.165) is 12.8 Å². The Bertz CT molecular complexity index is 211. The lowest BCUT2D eigenvalue weighted by molar-refractivity contribution is -0.140. The van der Waals surface area contributed by atoms with Gasteiger partial charge in [0.15, 0.2) is 0 Å². The molecule has 1 aliphatic rings. The van der Waals surface area contributed by atoms with Crippen LogP contribution in [0.3, 0.4) is 0 Å². The van der Waals surface area contributed by atoms with E-state index in [1.165, 1.54) is 0 Å². The molecule has 0 bridgehead atoms. The Morgan fingerprint density at radius 2 is 2.47 bits per heavy atom. The fourth-order valence-electron chi connectivity index (χ4n) is 1.96. The summed E-state index contributed by atoms with van der Waals surface area (Å²) in [6.07, 6.45) is 1.84. The van der Waals surface area contributed by atoms with Gasteiger partial charge in [-0.05, 0) is 19.9 Å². The van der Waals surface area contributed by atoms with Crippen molar-refractivity contribution in [2.24, 2.45) is 0 Å². The Labute approximate surface area is 90.4 Å². The third-order valence-electron chi connectivity index (χ3n) is 2.83. The molecule has 0 saturated carbocycles. The highest BCUT2D eigenvalue weighted by Gasteiger charge is 2.31. The molecule has 2 unspecified atom stereocenters. The average molecular weight is 216 g/mol. The van der Waals surface area contributed by atoms with Crippen molar-refractivity contribution in [3.05, 3.63) is 0 Å². The smallest absolute Gasteiger partial charge is 0.240 e. The van der Waals surface area contributed by atoms with Crippen molar-refractivity contribution in [1.82, 2.24) is 10.2 Å². The highest BCUT2D eigenvalue weighted by molar-refractivity contribution is 5.82. The molecule has 1 saturated heterocycles. The molecular formula is C10H20N2O3. The molecule has 0 radical (unpaired) electrons. The average Bonchev–Trinajstić information content (AvgIpc) is 2.27. The molecule has 1 aliphatic heterocycles. The van der Waals surface area contributed by atoms with E-state index in [-0.39, 0.29) is 24.6 Å². The lowest BCUT2D eigenvalue weighted by Gasteiger charge is -2.36. The monoisotopic (exact) mass is 216 g/mol. The lowest BCUT2D eigenvalue weighted by Crippen LogP contribution is -2.55. The minimum atomic E-state index is -0.210. The molecule has 5 nitrogen and oxygen atoms in total. The summed E-state index contributed by atoms with van der Waals surface area (Å²) >= 11 is 0. The number of ether oxygens (including phenoxy) is 1. The summed E-state index contributed by atoms with van der Waals surface area (Å²) in [4.78, 5) is 13.6. The number of hydrogen-bond donors (Lipinski definition) is 2. The van der Waals surface area contributed by atoms with Crippen LogP contribution in [0.1, 0.15) is 12.8 Å². The summed E-state index contributed by atoms with van der Waals surface area (Å²) in [5.74, 6) is 0.0693. The van der Waals surface area contributed by atoms with Gasteiger partial charge in [-0.25, -0.2) is 0 Å². The summed E-state index contributed by atoms with van der Waals surface area (Å²) in [5.41, 5.74) is 0. The predicted molar refractivity (Wildman–Crippen MR) is 56.5 cm³/mol. The summed E-state index contributed by atoms with van der Waals surface area (Å²) < 4.78 is 4.99. The number of aliphatic hydroxyl groups is 1. The first kappa shape index (κ1) is 12.4. The van der Waals surface area contributed by atoms with E-state index in [4.69, 9.17) is 4.74 Å². The van der Waals surface area contributed by atoms with Gasteiger partial charge in [0.2, 0.25) is 5.91 Å². The SMILES string of the molecule is CNC1CCCN(C(CO)COC)C1=O. The van der Waals surface area contributed by atoms with Gasteiger partial charge in [0.05, 0.1) is 25.3 Å². The van der Waals surface area contributed by atoms with Crippen LogP contribution in [-0.4, -0.2) is 61.9 Å². The Morgan fingerprint density at radius 3 is 3.00 bits per heavy atom. The Morgan fingerprint density at radius 1 is 1.73 bits per heavy atom. The van der Waals surface area contributed by atoms with Crippen LogP contribution in [0.2, 0.25) is 0 Å². The number of piperidine rings is 1. The Hall–Kier alpha value is -0.650. The van der Waals surface area contributed by atoms with Crippen LogP contribution in [0, 0.1) is 0 Å². The van der Waals surface area contributed by atoms with Crippen LogP contribution in [-0.2, 0) is 9.53 Å². The van der Waals surface area contributed by atoms with E-state index in [0.29, 0.717) is 13.2 Å². The van der Waals surface area contributed by atoms with E-state index >= 15 is 0 Å². The second kappa shape index (κ2) is 6.05. The molecule has 5 heteroatoms. The van der Waals surface area contributed by atoms with Gasteiger partial charge in [0.25, 0.3) is 0 Å². The zero-order valence-corrected chi connectivity index (χ0v) is 9.40. The van der Waals surface area contributed by atoms with Gasteiger partial charge in [-0.2, -0.15) is 0 Å². The van der Waals surface area contributed by atoms with Crippen LogP contribution in [0.25, 0.3) is 0 Å². The fourth-order valence-corrected chi connectivity index (χ4v) is 1.96. The minimum absolute atomic E-state index is 0.0456. The second-order valence-corrected chi connectivity index (χ2v) is 3.81. The normalized spacial score (nSPS) is 24.3. The van der Waals surface area contributed by atoms with Crippen molar-refractivity contribution < 1.29 is 14.6 Å². The molecular weight excluding hydrogens is 196 g/mol. The number of likely N-dealkylation sites (N-methyl/N-ethyl adjacent to an activating group) is 1. The van der Waals surface area contributed by atoms with Crippen molar-refractivity contribution in [3.8, 4) is 0 Å². The van der Waals surface area contributed by atoms with E-state index < -0.39 is 0 Å². The molecule has 88 valence electrons. The van der Waals surface area contributed by atoms with Crippen LogP contribution in [0.5, 0.6) is 0 Å². The van der Waals surface area contributed by atoms with Gasteiger partial charge in [-0.3, -0.25) is 4.79 Å². The van der Waals surface area contributed by atoms with E-state index in [1.54, 1.807) is 19.1 Å². The molecule has 0 aliphatic carbocycles. The van der Waals surface area contributed by atoms with Crippen LogP contribution < -0.4 is 5.32 Å². The van der Waals surface area contributed by atoms with Gasteiger partial charge in [0, 0.05) is 13.7 Å². The van der Waals surface area contributed by atoms with E-state index in [9.17, 15) is 9.90 Å². The van der Waals surface area contributed by atoms with Gasteiger partial charge in [-0.15, -0.1) is 0 Å². The molecule has 1 heterocycles. The number of aliphatic hydroxyl groups excluding tert-OH is 1. The number of carbonyl (C=O) groups excluding carboxylic acids is 1. The maximum Gasteiger partial charge on any atom is 0.240 e. The zero-order valence-electron chi connectivity index (χ0n) is 9.40. The van der Waals surface area contributed by atoms with Crippen molar-refractivity contribution in [2.45, 2.75) is 24.9 Å². The van der Waals surface area contributed by atoms with Crippen molar-refractivity contribution in [2.75, 3.05) is 33.9 Å². The number of methoxy groups -OCH3 is 1. The highest BCUT2D eigenvalue weighted by atomic mass is 16.5. The molecule has 0 spiro atoms. The van der Waals surface area contributed by atoms with Gasteiger partial charge in [-0.1, -0.05) is 0 Å². The van der Waals surface area contributed by atoms with Crippen molar-refractivity contribution in [3.63, 3.8) is 0 Å². The number of rotatable bonds is 5. The third kappa shape index (κ3) is 2.90. The van der Waals surface area contributed by atoms with Crippen LogP contribution in [0.15, 0.2) is 0 Å². The predicted octanol–water partition coefficient (Wildman–Crippen LogP) is -0.796. The van der Waals surface area contributed by atoms with Gasteiger partial charge < -0.3 is 20.1 Å². The maximum atomic E-state index is 11.9. The molecule has 0 aromatic carbocycles. The summed E-state index contributed by atoms with van der Waals surface area (Å²) in [6.45, 7) is 1.06. The lowest BCUT2D eigenvalue weighted by atomic mass is 10.0. The largest absolute Gasteiger partial charge is 0.394 e. The quantitative estimate of drug-likeness (QED) is 0.632. The fraction of sp³-hybridized carbons (Fsp3) is 0.900. The van der Waals surface area contributed by atoms with Gasteiger partial charge in [0.1, 0.15) is 0 Å². The van der Waals surface area contributed by atoms with E-state index in [1.807, 2.05) is 0 Å². The number of hydrogen-bond acceptors (Lipinski definition) is 4. The minimum Gasteiger partial charge on any atom is -0.394 e. The van der Waals surface area contributed by atoms with Crippen LogP contribution in [0.4, 0.5) is 0 Å². The summed E-state index contributed by atoms with van der Waals surface area (Å²) in [7, 11) is 3.36. The number of nitrogens with zero attached hydrogens (tertiary/aromatic N) is 1. The van der Waals surface area contributed by atoms with Crippen molar-refractivity contribution in [1.29, 1.82) is 0 Å². The van der Waals surface area contributed by atoms with Gasteiger partial charge >= 0.3 is 0 Å². The molecule has 1 fully saturated rings. The first-order valence-electron chi connectivity index (χ1n) is 5.32. The first-order valence-corrected chi connectivity index (χ1v) is 5.32.